The van der Waals surface area contributed by atoms with Crippen molar-refractivity contribution in [3.05, 3.63) is 29.3 Å². The smallest absolute Gasteiger partial charge is 0.225 e. The number of amides is 1. The van der Waals surface area contributed by atoms with E-state index in [-0.39, 0.29) is 18.9 Å². The normalized spacial score (nSPS) is 9.94. The van der Waals surface area contributed by atoms with Crippen LogP contribution in [0.4, 0.5) is 0 Å². The summed E-state index contributed by atoms with van der Waals surface area (Å²) >= 11 is 0. The summed E-state index contributed by atoms with van der Waals surface area (Å²) in [6, 6.07) is 7.73. The van der Waals surface area contributed by atoms with Crippen LogP contribution >= 0.6 is 0 Å². The van der Waals surface area contributed by atoms with Gasteiger partial charge in [0.25, 0.3) is 0 Å². The van der Waals surface area contributed by atoms with E-state index in [0.717, 1.165) is 5.56 Å². The first-order valence-corrected chi connectivity index (χ1v) is 5.89. The number of ether oxygens (including phenoxy) is 1. The van der Waals surface area contributed by atoms with Gasteiger partial charge in [0.05, 0.1) is 19.6 Å². The zero-order chi connectivity index (χ0) is 13.5. The van der Waals surface area contributed by atoms with Crippen molar-refractivity contribution in [3.63, 3.8) is 0 Å². The van der Waals surface area contributed by atoms with Crippen molar-refractivity contribution in [2.75, 3.05) is 13.7 Å². The third-order valence-electron chi connectivity index (χ3n) is 2.69. The maximum atomic E-state index is 11.5. The molecule has 0 aromatic heterocycles. The Morgan fingerprint density at radius 3 is 2.78 bits per heavy atom. The number of carbonyl (C=O) groups excluding carboxylic acids is 1. The molecule has 1 rings (SSSR count). The van der Waals surface area contributed by atoms with Gasteiger partial charge in [0, 0.05) is 5.56 Å². The molecule has 4 heteroatoms. The van der Waals surface area contributed by atoms with E-state index in [1.807, 2.05) is 24.3 Å². The van der Waals surface area contributed by atoms with Crippen LogP contribution in [0.2, 0.25) is 0 Å². The average Bonchev–Trinajstić information content (AvgIpc) is 2.36. The fourth-order valence-electron chi connectivity index (χ4n) is 1.64. The van der Waals surface area contributed by atoms with Gasteiger partial charge in [0.1, 0.15) is 12.3 Å². The Hall–Kier alpha value is -2.02. The number of nitrogens with one attached hydrogen (secondary N) is 1. The molecule has 0 spiro atoms. The number of hydrogen-bond acceptors (Lipinski definition) is 3. The molecule has 4 nitrogen and oxygen atoms in total. The molecule has 1 aromatic rings. The van der Waals surface area contributed by atoms with Crippen LogP contribution in [-0.4, -0.2) is 19.6 Å². The Labute approximate surface area is 108 Å². The Balaban J connectivity index is 2.83. The highest BCUT2D eigenvalue weighted by Crippen LogP contribution is 2.25. The van der Waals surface area contributed by atoms with E-state index in [1.54, 1.807) is 7.11 Å². The molecule has 0 aliphatic carbocycles. The van der Waals surface area contributed by atoms with E-state index in [4.69, 9.17) is 10.00 Å². The largest absolute Gasteiger partial charge is 0.496 e. The summed E-state index contributed by atoms with van der Waals surface area (Å²) in [5.41, 5.74) is 2.00. The molecular weight excluding hydrogens is 228 g/mol. The van der Waals surface area contributed by atoms with Gasteiger partial charge in [0.2, 0.25) is 5.91 Å². The van der Waals surface area contributed by atoms with Crippen molar-refractivity contribution in [2.45, 2.75) is 26.2 Å². The van der Waals surface area contributed by atoms with Crippen LogP contribution in [0, 0.1) is 11.3 Å². The topological polar surface area (TPSA) is 62.1 Å². The third kappa shape index (κ3) is 3.77. The lowest BCUT2D eigenvalue weighted by Gasteiger charge is -2.12. The molecule has 0 radical (unpaired) electrons. The first kappa shape index (κ1) is 14.0. The van der Waals surface area contributed by atoms with Gasteiger partial charge in [-0.25, -0.2) is 0 Å². The van der Waals surface area contributed by atoms with Gasteiger partial charge in [0.15, 0.2) is 0 Å². The molecule has 0 atom stereocenters. The van der Waals surface area contributed by atoms with Gasteiger partial charge in [-0.3, -0.25) is 4.79 Å². The summed E-state index contributed by atoms with van der Waals surface area (Å²) in [5.74, 6) is 0.959. The summed E-state index contributed by atoms with van der Waals surface area (Å²) in [7, 11) is 1.59. The number of benzene rings is 1. The van der Waals surface area contributed by atoms with Gasteiger partial charge in [-0.15, -0.1) is 0 Å². The summed E-state index contributed by atoms with van der Waals surface area (Å²) < 4.78 is 5.30. The molecule has 0 saturated heterocycles. The molecule has 0 aliphatic rings. The molecule has 1 amide bonds. The molecule has 0 unspecified atom stereocenters. The number of nitriles is 1. The third-order valence-corrected chi connectivity index (χ3v) is 2.69. The average molecular weight is 246 g/mol. The van der Waals surface area contributed by atoms with Crippen LogP contribution in [0.5, 0.6) is 5.75 Å². The lowest BCUT2D eigenvalue weighted by atomic mass is 9.99. The van der Waals surface area contributed by atoms with Gasteiger partial charge >= 0.3 is 0 Å². The first-order valence-electron chi connectivity index (χ1n) is 5.89. The number of carbonyl (C=O) groups is 1. The monoisotopic (exact) mass is 246 g/mol. The Kier molecular flexibility index (Phi) is 5.19. The highest BCUT2D eigenvalue weighted by molar-refractivity contribution is 5.79. The van der Waals surface area contributed by atoms with Crippen molar-refractivity contribution >= 4 is 5.91 Å². The highest BCUT2D eigenvalue weighted by Gasteiger charge is 2.10. The van der Waals surface area contributed by atoms with E-state index in [2.05, 4.69) is 19.2 Å². The second-order valence-electron chi connectivity index (χ2n) is 4.34. The van der Waals surface area contributed by atoms with Crippen molar-refractivity contribution in [1.82, 2.24) is 5.32 Å². The van der Waals surface area contributed by atoms with Crippen LogP contribution < -0.4 is 10.1 Å². The summed E-state index contributed by atoms with van der Waals surface area (Å²) in [6.07, 6.45) is 0.225. The standard InChI is InChI=1S/C14H18N2O2/c1-10(2)11-4-5-12(13(8-11)18-3)9-14(17)16-7-6-15/h4-5,8,10H,7,9H2,1-3H3,(H,16,17). The Morgan fingerprint density at radius 1 is 1.50 bits per heavy atom. The molecule has 96 valence electrons. The molecular formula is C14H18N2O2. The zero-order valence-electron chi connectivity index (χ0n) is 11.0. The fourth-order valence-corrected chi connectivity index (χ4v) is 1.64. The minimum atomic E-state index is -0.174. The number of methoxy groups -OCH3 is 1. The van der Waals surface area contributed by atoms with E-state index in [9.17, 15) is 4.79 Å². The van der Waals surface area contributed by atoms with E-state index >= 15 is 0 Å². The van der Waals surface area contributed by atoms with E-state index < -0.39 is 0 Å². The lowest BCUT2D eigenvalue weighted by Crippen LogP contribution is -2.25. The van der Waals surface area contributed by atoms with E-state index in [0.29, 0.717) is 11.7 Å². The second-order valence-corrected chi connectivity index (χ2v) is 4.34. The van der Waals surface area contributed by atoms with E-state index in [1.165, 1.54) is 5.56 Å². The highest BCUT2D eigenvalue weighted by atomic mass is 16.5. The second kappa shape index (κ2) is 6.65. The lowest BCUT2D eigenvalue weighted by molar-refractivity contribution is -0.120. The molecule has 0 saturated carbocycles. The molecule has 0 bridgehead atoms. The minimum absolute atomic E-state index is 0.0330. The fraction of sp³-hybridized carbons (Fsp3) is 0.429. The maximum absolute atomic E-state index is 11.5. The maximum Gasteiger partial charge on any atom is 0.225 e. The van der Waals surface area contributed by atoms with Crippen LogP contribution in [0.15, 0.2) is 18.2 Å². The molecule has 18 heavy (non-hydrogen) atoms. The summed E-state index contributed by atoms with van der Waals surface area (Å²) in [4.78, 5) is 11.5. The van der Waals surface area contributed by atoms with Crippen molar-refractivity contribution < 1.29 is 9.53 Å². The van der Waals surface area contributed by atoms with Gasteiger partial charge in [-0.05, 0) is 17.5 Å². The van der Waals surface area contributed by atoms with Gasteiger partial charge < -0.3 is 10.1 Å². The molecule has 1 N–H and O–H groups in total. The van der Waals surface area contributed by atoms with Crippen molar-refractivity contribution in [2.24, 2.45) is 0 Å². The molecule has 0 aliphatic heterocycles. The predicted octanol–water partition coefficient (Wildman–Crippen LogP) is 2.00. The quantitative estimate of drug-likeness (QED) is 0.808. The summed E-state index contributed by atoms with van der Waals surface area (Å²) in [6.45, 7) is 4.24. The predicted molar refractivity (Wildman–Crippen MR) is 69.4 cm³/mol. The Bertz CT molecular complexity index is 461. The molecule has 0 fully saturated rings. The molecule has 1 aromatic carbocycles. The van der Waals surface area contributed by atoms with Gasteiger partial charge in [-0.1, -0.05) is 26.0 Å². The number of hydrogen-bond donors (Lipinski definition) is 1. The van der Waals surface area contributed by atoms with Crippen molar-refractivity contribution in [3.8, 4) is 11.8 Å². The number of nitrogens with zero attached hydrogens (tertiary/aromatic N) is 1. The zero-order valence-corrected chi connectivity index (χ0v) is 11.0. The van der Waals surface area contributed by atoms with Crippen LogP contribution in [0.1, 0.15) is 30.9 Å². The van der Waals surface area contributed by atoms with Crippen LogP contribution in [0.3, 0.4) is 0 Å². The SMILES string of the molecule is COc1cc(C(C)C)ccc1CC(=O)NCC#N. The van der Waals surface area contributed by atoms with Gasteiger partial charge in [-0.2, -0.15) is 5.26 Å². The number of rotatable bonds is 5. The minimum Gasteiger partial charge on any atom is -0.496 e. The molecule has 0 heterocycles. The van der Waals surface area contributed by atoms with Crippen molar-refractivity contribution in [1.29, 1.82) is 5.26 Å². The first-order chi connectivity index (χ1) is 8.58. The van der Waals surface area contributed by atoms with Crippen LogP contribution in [0.25, 0.3) is 0 Å². The van der Waals surface area contributed by atoms with Crippen LogP contribution in [-0.2, 0) is 11.2 Å². The summed E-state index contributed by atoms with van der Waals surface area (Å²) in [5, 5.41) is 10.9. The Morgan fingerprint density at radius 2 is 2.22 bits per heavy atom.